The molecule has 0 unspecified atom stereocenters. The van der Waals surface area contributed by atoms with Crippen molar-refractivity contribution in [2.45, 2.75) is 18.9 Å². The van der Waals surface area contributed by atoms with Crippen LogP contribution in [-0.2, 0) is 4.79 Å². The van der Waals surface area contributed by atoms with Gasteiger partial charge in [0.15, 0.2) is 0 Å². The Bertz CT molecular complexity index is 1090. The number of aromatic amines is 1. The summed E-state index contributed by atoms with van der Waals surface area (Å²) in [5, 5.41) is 20.7. The second-order valence-electron chi connectivity index (χ2n) is 7.76. The van der Waals surface area contributed by atoms with E-state index in [-0.39, 0.29) is 18.0 Å². The Morgan fingerprint density at radius 2 is 1.84 bits per heavy atom. The smallest absolute Gasteiger partial charge is 0.317 e. The first-order chi connectivity index (χ1) is 15.6. The van der Waals surface area contributed by atoms with Gasteiger partial charge < -0.3 is 20.2 Å². The fourth-order valence-corrected chi connectivity index (χ4v) is 3.78. The van der Waals surface area contributed by atoms with Crippen LogP contribution in [0.5, 0.6) is 0 Å². The topological polar surface area (TPSA) is 102 Å². The predicted molar refractivity (Wildman–Crippen MR) is 124 cm³/mol. The van der Waals surface area contributed by atoms with Crippen molar-refractivity contribution in [1.82, 2.24) is 20.4 Å². The number of nitrogens with one attached hydrogen (secondary N) is 2. The molecule has 0 saturated carbocycles. The number of H-pyrrole nitrogens is 1. The molecule has 3 amide bonds. The number of aliphatic hydroxyl groups excluding tert-OH is 1. The van der Waals surface area contributed by atoms with Crippen LogP contribution in [0, 0.1) is 0 Å². The van der Waals surface area contributed by atoms with E-state index in [2.05, 4.69) is 15.5 Å². The second-order valence-corrected chi connectivity index (χ2v) is 7.76. The Morgan fingerprint density at radius 3 is 2.62 bits per heavy atom. The molecule has 0 aliphatic carbocycles. The summed E-state index contributed by atoms with van der Waals surface area (Å²) in [5.74, 6) is -0.196. The van der Waals surface area contributed by atoms with Gasteiger partial charge in [-0.25, -0.2) is 4.79 Å². The SMILES string of the molecule is O=C(NCCN(C(=O)/C=C/c1n[nH]c2ccccc12)c1ccccc1)N1CCC(O)CC1. The van der Waals surface area contributed by atoms with Crippen LogP contribution in [0.4, 0.5) is 10.5 Å². The van der Waals surface area contributed by atoms with Crippen LogP contribution < -0.4 is 10.2 Å². The summed E-state index contributed by atoms with van der Waals surface area (Å²) in [7, 11) is 0. The summed E-state index contributed by atoms with van der Waals surface area (Å²) in [4.78, 5) is 28.8. The molecule has 1 fully saturated rings. The Labute approximate surface area is 186 Å². The predicted octanol–water partition coefficient (Wildman–Crippen LogP) is 2.78. The molecule has 0 bridgehead atoms. The molecule has 0 atom stereocenters. The molecule has 3 N–H and O–H groups in total. The van der Waals surface area contributed by atoms with Gasteiger partial charge in [0.25, 0.3) is 5.91 Å². The molecule has 1 aromatic heterocycles. The summed E-state index contributed by atoms with van der Waals surface area (Å²) in [6.07, 6.45) is 4.06. The minimum Gasteiger partial charge on any atom is -0.393 e. The van der Waals surface area contributed by atoms with Crippen molar-refractivity contribution in [3.05, 3.63) is 66.4 Å². The van der Waals surface area contributed by atoms with Crippen molar-refractivity contribution in [3.8, 4) is 0 Å². The molecule has 4 rings (SSSR count). The first-order valence-corrected chi connectivity index (χ1v) is 10.8. The van der Waals surface area contributed by atoms with Crippen LogP contribution in [0.15, 0.2) is 60.7 Å². The molecular formula is C24H27N5O3. The molecule has 1 aliphatic heterocycles. The average Bonchev–Trinajstić information content (AvgIpc) is 3.24. The van der Waals surface area contributed by atoms with E-state index in [1.165, 1.54) is 6.08 Å². The molecule has 0 radical (unpaired) electrons. The van der Waals surface area contributed by atoms with E-state index >= 15 is 0 Å². The highest BCUT2D eigenvalue weighted by Gasteiger charge is 2.21. The molecule has 3 aromatic rings. The monoisotopic (exact) mass is 433 g/mol. The molecule has 2 aromatic carbocycles. The Morgan fingerprint density at radius 1 is 1.12 bits per heavy atom. The van der Waals surface area contributed by atoms with Crippen LogP contribution in [0.1, 0.15) is 18.5 Å². The highest BCUT2D eigenvalue weighted by atomic mass is 16.3. The number of hydrogen-bond donors (Lipinski definition) is 3. The normalized spacial score (nSPS) is 14.7. The number of urea groups is 1. The van der Waals surface area contributed by atoms with Gasteiger partial charge in [-0.15, -0.1) is 0 Å². The standard InChI is InChI=1S/C24H27N5O3/c30-19-12-15-28(16-13-19)24(32)25-14-17-29(18-6-2-1-3-7-18)23(31)11-10-22-20-8-4-5-9-21(20)26-27-22/h1-11,19,30H,12-17H2,(H,25,32)(H,26,27)/b11-10+. The van der Waals surface area contributed by atoms with Gasteiger partial charge in [0.05, 0.1) is 17.3 Å². The zero-order valence-corrected chi connectivity index (χ0v) is 17.8. The molecule has 8 heteroatoms. The lowest BCUT2D eigenvalue weighted by Gasteiger charge is -2.30. The van der Waals surface area contributed by atoms with Gasteiger partial charge in [-0.2, -0.15) is 5.10 Å². The van der Waals surface area contributed by atoms with Crippen molar-refractivity contribution in [3.63, 3.8) is 0 Å². The van der Waals surface area contributed by atoms with Crippen molar-refractivity contribution < 1.29 is 14.7 Å². The van der Waals surface area contributed by atoms with Gasteiger partial charge in [-0.05, 0) is 37.1 Å². The number of para-hydroxylation sites is 2. The van der Waals surface area contributed by atoms with Crippen molar-refractivity contribution >= 4 is 34.6 Å². The highest BCUT2D eigenvalue weighted by molar-refractivity contribution is 6.04. The largest absolute Gasteiger partial charge is 0.393 e. The minimum atomic E-state index is -0.330. The fourth-order valence-electron chi connectivity index (χ4n) is 3.78. The van der Waals surface area contributed by atoms with Crippen molar-refractivity contribution in [1.29, 1.82) is 0 Å². The number of aliphatic hydroxyl groups is 1. The third-order valence-corrected chi connectivity index (χ3v) is 5.58. The number of carbonyl (C=O) groups excluding carboxylic acids is 2. The Hall–Kier alpha value is -3.65. The van der Waals surface area contributed by atoms with E-state index in [0.717, 1.165) is 16.6 Å². The summed E-state index contributed by atoms with van der Waals surface area (Å²) in [6, 6.07) is 16.9. The number of benzene rings is 2. The number of amides is 3. The van der Waals surface area contributed by atoms with Crippen molar-refractivity contribution in [2.75, 3.05) is 31.1 Å². The van der Waals surface area contributed by atoms with E-state index in [1.807, 2.05) is 54.6 Å². The summed E-state index contributed by atoms with van der Waals surface area (Å²) in [5.41, 5.74) is 2.36. The maximum atomic E-state index is 13.0. The second kappa shape index (κ2) is 10.1. The van der Waals surface area contributed by atoms with Crippen LogP contribution in [0.25, 0.3) is 17.0 Å². The number of aromatic nitrogens is 2. The number of nitrogens with zero attached hydrogens (tertiary/aromatic N) is 3. The van der Waals surface area contributed by atoms with E-state index < -0.39 is 0 Å². The minimum absolute atomic E-state index is 0.170. The fraction of sp³-hybridized carbons (Fsp3) is 0.292. The molecule has 32 heavy (non-hydrogen) atoms. The van der Waals surface area contributed by atoms with Crippen molar-refractivity contribution in [2.24, 2.45) is 0 Å². The van der Waals surface area contributed by atoms with E-state index in [9.17, 15) is 14.7 Å². The number of piperidine rings is 1. The number of carbonyl (C=O) groups is 2. The average molecular weight is 434 g/mol. The lowest BCUT2D eigenvalue weighted by Crippen LogP contribution is -2.47. The molecule has 2 heterocycles. The van der Waals surface area contributed by atoms with Gasteiger partial charge >= 0.3 is 6.03 Å². The lowest BCUT2D eigenvalue weighted by molar-refractivity contribution is -0.114. The van der Waals surface area contributed by atoms with Crippen LogP contribution in [0.2, 0.25) is 0 Å². The number of rotatable bonds is 6. The van der Waals surface area contributed by atoms with E-state index in [4.69, 9.17) is 0 Å². The van der Waals surface area contributed by atoms with Gasteiger partial charge in [-0.3, -0.25) is 9.89 Å². The van der Waals surface area contributed by atoms with Crippen LogP contribution in [0.3, 0.4) is 0 Å². The third-order valence-electron chi connectivity index (χ3n) is 5.58. The number of hydrogen-bond acceptors (Lipinski definition) is 4. The van der Waals surface area contributed by atoms with Crippen LogP contribution in [-0.4, -0.2) is 64.4 Å². The summed E-state index contributed by atoms with van der Waals surface area (Å²) in [6.45, 7) is 1.72. The van der Waals surface area contributed by atoms with Gasteiger partial charge in [-0.1, -0.05) is 36.4 Å². The maximum absolute atomic E-state index is 13.0. The number of fused-ring (bicyclic) bond motifs is 1. The molecule has 1 saturated heterocycles. The zero-order valence-electron chi connectivity index (χ0n) is 17.8. The summed E-state index contributed by atoms with van der Waals surface area (Å²) < 4.78 is 0. The number of likely N-dealkylation sites (tertiary alicyclic amines) is 1. The highest BCUT2D eigenvalue weighted by Crippen LogP contribution is 2.18. The third kappa shape index (κ3) is 5.15. The lowest BCUT2D eigenvalue weighted by atomic mass is 10.1. The number of anilines is 1. The van der Waals surface area contributed by atoms with E-state index in [1.54, 1.807) is 15.9 Å². The first kappa shape index (κ1) is 21.6. The maximum Gasteiger partial charge on any atom is 0.317 e. The Balaban J connectivity index is 1.41. The van der Waals surface area contributed by atoms with Crippen LogP contribution >= 0.6 is 0 Å². The summed E-state index contributed by atoms with van der Waals surface area (Å²) >= 11 is 0. The molecule has 8 nitrogen and oxygen atoms in total. The molecule has 1 aliphatic rings. The molecule has 166 valence electrons. The van der Waals surface area contributed by atoms with Gasteiger partial charge in [0.2, 0.25) is 0 Å². The van der Waals surface area contributed by atoms with Gasteiger partial charge in [0.1, 0.15) is 0 Å². The van der Waals surface area contributed by atoms with Gasteiger partial charge in [0, 0.05) is 43.3 Å². The molecule has 0 spiro atoms. The quantitative estimate of drug-likeness (QED) is 0.520. The molecular weight excluding hydrogens is 406 g/mol. The zero-order chi connectivity index (χ0) is 22.3. The first-order valence-electron chi connectivity index (χ1n) is 10.8. The van der Waals surface area contributed by atoms with E-state index in [0.29, 0.717) is 44.7 Å². The Kier molecular flexibility index (Phi) is 6.81.